The molecular formula is C15H15ClN2O2. The molecule has 0 radical (unpaired) electrons. The highest BCUT2D eigenvalue weighted by Gasteiger charge is 2.18. The third-order valence-electron chi connectivity index (χ3n) is 2.68. The van der Waals surface area contributed by atoms with Crippen LogP contribution in [0.25, 0.3) is 0 Å². The fourth-order valence-electron chi connectivity index (χ4n) is 1.66. The average molecular weight is 291 g/mol. The van der Waals surface area contributed by atoms with Crippen LogP contribution in [0.5, 0.6) is 5.75 Å². The van der Waals surface area contributed by atoms with Gasteiger partial charge in [0.05, 0.1) is 11.9 Å². The van der Waals surface area contributed by atoms with E-state index < -0.39 is 6.10 Å². The monoisotopic (exact) mass is 290 g/mol. The molecule has 0 spiro atoms. The minimum atomic E-state index is -0.559. The SMILES string of the molecule is CCC(Oc1ccc(Cl)cc1)C(=O)Nc1cccnc1. The fourth-order valence-corrected chi connectivity index (χ4v) is 1.79. The molecule has 1 amide bonds. The predicted octanol–water partition coefficient (Wildman–Crippen LogP) is 3.53. The molecule has 2 aromatic rings. The standard InChI is InChI=1S/C15H15ClN2O2/c1-2-14(20-13-7-5-11(16)6-8-13)15(19)18-12-4-3-9-17-10-12/h3-10,14H,2H2,1H3,(H,18,19). The van der Waals surface area contributed by atoms with Crippen molar-refractivity contribution < 1.29 is 9.53 Å². The zero-order chi connectivity index (χ0) is 14.4. The van der Waals surface area contributed by atoms with E-state index >= 15 is 0 Å². The topological polar surface area (TPSA) is 51.2 Å². The third-order valence-corrected chi connectivity index (χ3v) is 2.94. The summed E-state index contributed by atoms with van der Waals surface area (Å²) in [6.45, 7) is 1.89. The number of anilines is 1. The van der Waals surface area contributed by atoms with E-state index in [9.17, 15) is 4.79 Å². The molecule has 1 unspecified atom stereocenters. The van der Waals surface area contributed by atoms with Gasteiger partial charge in [0, 0.05) is 11.2 Å². The van der Waals surface area contributed by atoms with E-state index in [1.54, 1.807) is 48.8 Å². The van der Waals surface area contributed by atoms with E-state index in [4.69, 9.17) is 16.3 Å². The van der Waals surface area contributed by atoms with Crippen LogP contribution in [-0.4, -0.2) is 17.0 Å². The maximum absolute atomic E-state index is 12.1. The van der Waals surface area contributed by atoms with Crippen molar-refractivity contribution in [2.24, 2.45) is 0 Å². The van der Waals surface area contributed by atoms with Crippen molar-refractivity contribution in [2.45, 2.75) is 19.4 Å². The van der Waals surface area contributed by atoms with Gasteiger partial charge >= 0.3 is 0 Å². The molecule has 0 saturated carbocycles. The van der Waals surface area contributed by atoms with Gasteiger partial charge in [0.15, 0.2) is 6.10 Å². The smallest absolute Gasteiger partial charge is 0.265 e. The molecule has 1 heterocycles. The summed E-state index contributed by atoms with van der Waals surface area (Å²) in [5.74, 6) is 0.415. The highest BCUT2D eigenvalue weighted by molar-refractivity contribution is 6.30. The van der Waals surface area contributed by atoms with Crippen LogP contribution in [0.2, 0.25) is 5.02 Å². The lowest BCUT2D eigenvalue weighted by atomic mass is 10.2. The van der Waals surface area contributed by atoms with Crippen molar-refractivity contribution in [2.75, 3.05) is 5.32 Å². The van der Waals surface area contributed by atoms with Crippen molar-refractivity contribution in [3.63, 3.8) is 0 Å². The van der Waals surface area contributed by atoms with E-state index in [0.29, 0.717) is 22.9 Å². The molecule has 1 aromatic carbocycles. The van der Waals surface area contributed by atoms with Crippen molar-refractivity contribution in [3.8, 4) is 5.75 Å². The summed E-state index contributed by atoms with van der Waals surface area (Å²) in [5, 5.41) is 3.40. The van der Waals surface area contributed by atoms with E-state index in [-0.39, 0.29) is 5.91 Å². The van der Waals surface area contributed by atoms with Gasteiger partial charge < -0.3 is 10.1 Å². The number of nitrogens with one attached hydrogen (secondary N) is 1. The van der Waals surface area contributed by atoms with E-state index in [1.807, 2.05) is 6.92 Å². The molecule has 0 aliphatic rings. The number of nitrogens with zero attached hydrogens (tertiary/aromatic N) is 1. The van der Waals surface area contributed by atoms with Gasteiger partial charge in [0.2, 0.25) is 0 Å². The normalized spacial score (nSPS) is 11.7. The first-order chi connectivity index (χ1) is 9.69. The summed E-state index contributed by atoms with van der Waals surface area (Å²) in [5.41, 5.74) is 0.649. The van der Waals surface area contributed by atoms with Crippen LogP contribution in [0.3, 0.4) is 0 Å². The molecule has 1 aromatic heterocycles. The Labute approximate surface area is 122 Å². The molecular weight excluding hydrogens is 276 g/mol. The van der Waals surface area contributed by atoms with Gasteiger partial charge in [-0.3, -0.25) is 9.78 Å². The number of aromatic nitrogens is 1. The second-order valence-electron chi connectivity index (χ2n) is 4.20. The molecule has 1 N–H and O–H groups in total. The van der Waals surface area contributed by atoms with Crippen LogP contribution >= 0.6 is 11.6 Å². The van der Waals surface area contributed by atoms with Crippen LogP contribution in [-0.2, 0) is 4.79 Å². The van der Waals surface area contributed by atoms with Gasteiger partial charge in [-0.2, -0.15) is 0 Å². The number of halogens is 1. The number of pyridine rings is 1. The Balaban J connectivity index is 2.00. The second kappa shape index (κ2) is 6.91. The van der Waals surface area contributed by atoms with Crippen molar-refractivity contribution in [3.05, 3.63) is 53.8 Å². The Morgan fingerprint density at radius 3 is 2.70 bits per heavy atom. The summed E-state index contributed by atoms with van der Waals surface area (Å²) in [4.78, 5) is 16.1. The van der Waals surface area contributed by atoms with E-state index in [2.05, 4.69) is 10.3 Å². The van der Waals surface area contributed by atoms with Gasteiger partial charge in [-0.25, -0.2) is 0 Å². The first-order valence-electron chi connectivity index (χ1n) is 6.32. The first kappa shape index (κ1) is 14.3. The van der Waals surface area contributed by atoms with Crippen LogP contribution in [0.15, 0.2) is 48.8 Å². The Morgan fingerprint density at radius 1 is 1.35 bits per heavy atom. The molecule has 4 nitrogen and oxygen atoms in total. The number of ether oxygens (including phenoxy) is 1. The van der Waals surface area contributed by atoms with E-state index in [0.717, 1.165) is 0 Å². The first-order valence-corrected chi connectivity index (χ1v) is 6.70. The predicted molar refractivity (Wildman–Crippen MR) is 79.0 cm³/mol. The quantitative estimate of drug-likeness (QED) is 0.916. The maximum atomic E-state index is 12.1. The summed E-state index contributed by atoms with van der Waals surface area (Å²) >= 11 is 5.81. The molecule has 0 bridgehead atoms. The molecule has 0 aliphatic heterocycles. The molecule has 1 atom stereocenters. The van der Waals surface area contributed by atoms with Gasteiger partial charge in [0.1, 0.15) is 5.75 Å². The Bertz CT molecular complexity index is 558. The van der Waals surface area contributed by atoms with Gasteiger partial charge in [-0.1, -0.05) is 18.5 Å². The number of hydrogen-bond donors (Lipinski definition) is 1. The van der Waals surface area contributed by atoms with Gasteiger partial charge in [-0.05, 0) is 42.8 Å². The van der Waals surface area contributed by atoms with Crippen LogP contribution in [0, 0.1) is 0 Å². The molecule has 0 aliphatic carbocycles. The van der Waals surface area contributed by atoms with Crippen molar-refractivity contribution in [1.29, 1.82) is 0 Å². The summed E-state index contributed by atoms with van der Waals surface area (Å²) < 4.78 is 5.66. The lowest BCUT2D eigenvalue weighted by molar-refractivity contribution is -0.122. The average Bonchev–Trinajstić information content (AvgIpc) is 2.47. The molecule has 20 heavy (non-hydrogen) atoms. The fraction of sp³-hybridized carbons (Fsp3) is 0.200. The molecule has 5 heteroatoms. The van der Waals surface area contributed by atoms with Gasteiger partial charge in [0.25, 0.3) is 5.91 Å². The molecule has 0 saturated heterocycles. The summed E-state index contributed by atoms with van der Waals surface area (Å²) in [7, 11) is 0. The largest absolute Gasteiger partial charge is 0.481 e. The lowest BCUT2D eigenvalue weighted by Gasteiger charge is -2.17. The number of carbonyl (C=O) groups excluding carboxylic acids is 1. The number of benzene rings is 1. The molecule has 2 rings (SSSR count). The molecule has 0 fully saturated rings. The van der Waals surface area contributed by atoms with E-state index in [1.165, 1.54) is 0 Å². The Kier molecular flexibility index (Phi) is 4.96. The minimum absolute atomic E-state index is 0.199. The minimum Gasteiger partial charge on any atom is -0.481 e. The Hall–Kier alpha value is -2.07. The van der Waals surface area contributed by atoms with Crippen molar-refractivity contribution in [1.82, 2.24) is 4.98 Å². The van der Waals surface area contributed by atoms with Crippen LogP contribution in [0.1, 0.15) is 13.3 Å². The summed E-state index contributed by atoms with van der Waals surface area (Å²) in [6.07, 6.45) is 3.25. The maximum Gasteiger partial charge on any atom is 0.265 e. The zero-order valence-corrected chi connectivity index (χ0v) is 11.8. The second-order valence-corrected chi connectivity index (χ2v) is 4.64. The summed E-state index contributed by atoms with van der Waals surface area (Å²) in [6, 6.07) is 10.5. The van der Waals surface area contributed by atoms with Crippen molar-refractivity contribution >= 4 is 23.2 Å². The third kappa shape index (κ3) is 3.96. The zero-order valence-electron chi connectivity index (χ0n) is 11.0. The molecule has 104 valence electrons. The van der Waals surface area contributed by atoms with Crippen LogP contribution in [0.4, 0.5) is 5.69 Å². The number of carbonyl (C=O) groups is 1. The number of hydrogen-bond acceptors (Lipinski definition) is 3. The highest BCUT2D eigenvalue weighted by atomic mass is 35.5. The van der Waals surface area contributed by atoms with Gasteiger partial charge in [-0.15, -0.1) is 0 Å². The Morgan fingerprint density at radius 2 is 2.10 bits per heavy atom. The van der Waals surface area contributed by atoms with Crippen LogP contribution < -0.4 is 10.1 Å². The number of rotatable bonds is 5. The lowest BCUT2D eigenvalue weighted by Crippen LogP contribution is -2.32. The highest BCUT2D eigenvalue weighted by Crippen LogP contribution is 2.18. The number of amides is 1.